The lowest BCUT2D eigenvalue weighted by Crippen LogP contribution is -2.43. The van der Waals surface area contributed by atoms with Gasteiger partial charge in [-0.3, -0.25) is 9.69 Å². The summed E-state index contributed by atoms with van der Waals surface area (Å²) in [6.45, 7) is 5.80. The van der Waals surface area contributed by atoms with Crippen molar-refractivity contribution in [3.05, 3.63) is 65.2 Å². The summed E-state index contributed by atoms with van der Waals surface area (Å²) < 4.78 is 5.70. The molecule has 0 aliphatic carbocycles. The highest BCUT2D eigenvalue weighted by Gasteiger charge is 2.29. The molecule has 0 bridgehead atoms. The zero-order valence-electron chi connectivity index (χ0n) is 15.2. The van der Waals surface area contributed by atoms with Crippen LogP contribution in [0.25, 0.3) is 0 Å². The van der Waals surface area contributed by atoms with Gasteiger partial charge in [-0.25, -0.2) is 0 Å². The zero-order valence-corrected chi connectivity index (χ0v) is 15.9. The van der Waals surface area contributed by atoms with Gasteiger partial charge in [-0.15, -0.1) is 0 Å². The summed E-state index contributed by atoms with van der Waals surface area (Å²) in [4.78, 5) is 14.9. The maximum absolute atomic E-state index is 12.4. The summed E-state index contributed by atoms with van der Waals surface area (Å²) in [6.07, 6.45) is 0.390. The number of nitrogens with zero attached hydrogens (tertiary/aromatic N) is 1. The highest BCUT2D eigenvalue weighted by Crippen LogP contribution is 2.24. The van der Waals surface area contributed by atoms with Crippen molar-refractivity contribution in [1.82, 2.24) is 10.2 Å². The third-order valence-corrected chi connectivity index (χ3v) is 5.11. The number of amides is 1. The minimum absolute atomic E-state index is 0.0933. The van der Waals surface area contributed by atoms with E-state index in [0.717, 1.165) is 19.5 Å². The highest BCUT2D eigenvalue weighted by atomic mass is 35.5. The number of carbonyl (C=O) groups is 1. The number of carbonyl (C=O) groups excluding carboxylic acids is 1. The Hall–Kier alpha value is -2.04. The maximum atomic E-state index is 12.4. The van der Waals surface area contributed by atoms with Crippen LogP contribution in [0.1, 0.15) is 31.9 Å². The second kappa shape index (κ2) is 8.56. The largest absolute Gasteiger partial charge is 0.481 e. The molecule has 5 heteroatoms. The van der Waals surface area contributed by atoms with Gasteiger partial charge in [-0.2, -0.15) is 0 Å². The topological polar surface area (TPSA) is 41.6 Å². The molecule has 3 unspecified atom stereocenters. The van der Waals surface area contributed by atoms with E-state index in [1.54, 1.807) is 25.1 Å². The van der Waals surface area contributed by atoms with E-state index >= 15 is 0 Å². The summed E-state index contributed by atoms with van der Waals surface area (Å²) in [5.74, 6) is 0.509. The van der Waals surface area contributed by atoms with Gasteiger partial charge in [0.05, 0.1) is 0 Å². The van der Waals surface area contributed by atoms with E-state index in [9.17, 15) is 4.79 Å². The molecule has 1 aliphatic rings. The lowest BCUT2D eigenvalue weighted by molar-refractivity contribution is -0.127. The van der Waals surface area contributed by atoms with Crippen LogP contribution in [0.5, 0.6) is 5.75 Å². The van der Waals surface area contributed by atoms with E-state index < -0.39 is 6.10 Å². The summed E-state index contributed by atoms with van der Waals surface area (Å²) in [7, 11) is 0. The standard InChI is InChI=1S/C21H25ClN2O2/c1-15(17-7-4-3-5-8-17)24-12-11-19(14-24)23-21(25)16(2)26-20-10-6-9-18(22)13-20/h3-10,13,15-16,19H,11-12,14H2,1-2H3,(H,23,25). The van der Waals surface area contributed by atoms with Gasteiger partial charge in [0.15, 0.2) is 6.10 Å². The second-order valence-electron chi connectivity index (χ2n) is 6.79. The molecule has 0 saturated carbocycles. The molecule has 0 radical (unpaired) electrons. The third kappa shape index (κ3) is 4.77. The van der Waals surface area contributed by atoms with Crippen LogP contribution in [0.15, 0.2) is 54.6 Å². The number of rotatable bonds is 6. The van der Waals surface area contributed by atoms with Crippen LogP contribution in [-0.2, 0) is 4.79 Å². The Morgan fingerprint density at radius 3 is 2.69 bits per heavy atom. The number of hydrogen-bond donors (Lipinski definition) is 1. The van der Waals surface area contributed by atoms with Crippen molar-refractivity contribution in [3.63, 3.8) is 0 Å². The number of hydrogen-bond acceptors (Lipinski definition) is 3. The van der Waals surface area contributed by atoms with E-state index in [-0.39, 0.29) is 11.9 Å². The molecule has 1 amide bonds. The summed E-state index contributed by atoms with van der Waals surface area (Å²) in [6, 6.07) is 18.1. The van der Waals surface area contributed by atoms with Gasteiger partial charge < -0.3 is 10.1 Å². The first-order valence-electron chi connectivity index (χ1n) is 9.04. The first-order chi connectivity index (χ1) is 12.5. The van der Waals surface area contributed by atoms with Crippen LogP contribution in [0, 0.1) is 0 Å². The van der Waals surface area contributed by atoms with Gasteiger partial charge in [-0.1, -0.05) is 48.0 Å². The van der Waals surface area contributed by atoms with Crippen molar-refractivity contribution in [2.45, 2.75) is 38.5 Å². The SMILES string of the molecule is CC(Oc1cccc(Cl)c1)C(=O)NC1CCN(C(C)c2ccccc2)C1. The maximum Gasteiger partial charge on any atom is 0.261 e. The Morgan fingerprint density at radius 1 is 1.19 bits per heavy atom. The Morgan fingerprint density at radius 2 is 1.96 bits per heavy atom. The monoisotopic (exact) mass is 372 g/mol. The molecule has 138 valence electrons. The lowest BCUT2D eigenvalue weighted by atomic mass is 10.1. The molecule has 1 N–H and O–H groups in total. The first-order valence-corrected chi connectivity index (χ1v) is 9.42. The molecule has 26 heavy (non-hydrogen) atoms. The molecule has 0 spiro atoms. The Labute approximate surface area is 160 Å². The van der Waals surface area contributed by atoms with Gasteiger partial charge in [0, 0.05) is 30.2 Å². The van der Waals surface area contributed by atoms with Gasteiger partial charge in [-0.05, 0) is 44.0 Å². The number of nitrogens with one attached hydrogen (secondary N) is 1. The van der Waals surface area contributed by atoms with E-state index in [4.69, 9.17) is 16.3 Å². The van der Waals surface area contributed by atoms with Gasteiger partial charge in [0.2, 0.25) is 0 Å². The normalized spacial score (nSPS) is 19.7. The van der Waals surface area contributed by atoms with Gasteiger partial charge in [0.1, 0.15) is 5.75 Å². The van der Waals surface area contributed by atoms with Crippen LogP contribution in [0.3, 0.4) is 0 Å². The molecule has 4 nitrogen and oxygen atoms in total. The molecule has 3 atom stereocenters. The van der Waals surface area contributed by atoms with E-state index in [1.165, 1.54) is 5.56 Å². The van der Waals surface area contributed by atoms with Crippen molar-refractivity contribution in [2.75, 3.05) is 13.1 Å². The molecule has 1 heterocycles. The Balaban J connectivity index is 1.51. The van der Waals surface area contributed by atoms with Gasteiger partial charge in [0.25, 0.3) is 5.91 Å². The lowest BCUT2D eigenvalue weighted by Gasteiger charge is -2.25. The smallest absolute Gasteiger partial charge is 0.261 e. The van der Waals surface area contributed by atoms with Crippen molar-refractivity contribution in [2.24, 2.45) is 0 Å². The number of likely N-dealkylation sites (tertiary alicyclic amines) is 1. The fourth-order valence-corrected chi connectivity index (χ4v) is 3.50. The fourth-order valence-electron chi connectivity index (χ4n) is 3.32. The van der Waals surface area contributed by atoms with E-state index in [0.29, 0.717) is 16.8 Å². The minimum atomic E-state index is -0.561. The molecule has 2 aromatic carbocycles. The third-order valence-electron chi connectivity index (χ3n) is 4.87. The second-order valence-corrected chi connectivity index (χ2v) is 7.23. The van der Waals surface area contributed by atoms with Crippen LogP contribution in [-0.4, -0.2) is 36.0 Å². The van der Waals surface area contributed by atoms with Crippen LogP contribution in [0.4, 0.5) is 0 Å². The van der Waals surface area contributed by atoms with Crippen LogP contribution >= 0.6 is 11.6 Å². The molecular weight excluding hydrogens is 348 g/mol. The van der Waals surface area contributed by atoms with Crippen molar-refractivity contribution >= 4 is 17.5 Å². The van der Waals surface area contributed by atoms with Crippen molar-refractivity contribution in [1.29, 1.82) is 0 Å². The Kier molecular flexibility index (Phi) is 6.17. The molecule has 0 aromatic heterocycles. The van der Waals surface area contributed by atoms with E-state index in [1.807, 2.05) is 12.1 Å². The molecule has 1 fully saturated rings. The predicted octanol–water partition coefficient (Wildman–Crippen LogP) is 4.06. The molecule has 1 aliphatic heterocycles. The predicted molar refractivity (Wildman–Crippen MR) is 105 cm³/mol. The summed E-state index contributed by atoms with van der Waals surface area (Å²) >= 11 is 5.96. The first kappa shape index (κ1) is 18.7. The minimum Gasteiger partial charge on any atom is -0.481 e. The Bertz CT molecular complexity index is 738. The molecular formula is C21H25ClN2O2. The van der Waals surface area contributed by atoms with Crippen LogP contribution < -0.4 is 10.1 Å². The number of benzene rings is 2. The number of halogens is 1. The quantitative estimate of drug-likeness (QED) is 0.831. The number of ether oxygens (including phenoxy) is 1. The van der Waals surface area contributed by atoms with Crippen molar-refractivity contribution < 1.29 is 9.53 Å². The van der Waals surface area contributed by atoms with Crippen LogP contribution in [0.2, 0.25) is 5.02 Å². The summed E-state index contributed by atoms with van der Waals surface area (Å²) in [5.41, 5.74) is 1.30. The van der Waals surface area contributed by atoms with E-state index in [2.05, 4.69) is 41.4 Å². The van der Waals surface area contributed by atoms with Crippen molar-refractivity contribution in [3.8, 4) is 5.75 Å². The molecule has 1 saturated heterocycles. The average molecular weight is 373 g/mol. The summed E-state index contributed by atoms with van der Waals surface area (Å²) in [5, 5.41) is 3.71. The van der Waals surface area contributed by atoms with Gasteiger partial charge >= 0.3 is 0 Å². The molecule has 2 aromatic rings. The zero-order chi connectivity index (χ0) is 18.5. The highest BCUT2D eigenvalue weighted by molar-refractivity contribution is 6.30. The average Bonchev–Trinajstić information content (AvgIpc) is 3.10. The fraction of sp³-hybridized carbons (Fsp3) is 0.381. The molecule has 3 rings (SSSR count).